The third kappa shape index (κ3) is 3.39. The summed E-state index contributed by atoms with van der Waals surface area (Å²) >= 11 is 0. The predicted octanol–water partition coefficient (Wildman–Crippen LogP) is 3.80. The highest BCUT2D eigenvalue weighted by Gasteiger charge is 2.61. The lowest BCUT2D eigenvalue weighted by atomic mass is 9.81. The first-order valence-corrected chi connectivity index (χ1v) is 12.4. The first-order chi connectivity index (χ1) is 16.8. The Bertz CT molecular complexity index is 1220. The number of imide groups is 1. The van der Waals surface area contributed by atoms with Crippen LogP contribution in [0.3, 0.4) is 0 Å². The van der Waals surface area contributed by atoms with Crippen molar-refractivity contribution in [2.24, 2.45) is 29.6 Å². The van der Waals surface area contributed by atoms with Crippen LogP contribution in [0.4, 0.5) is 11.4 Å². The molecule has 2 aromatic carbocycles. The number of carbonyl (C=O) groups excluding carboxylic acids is 4. The molecule has 0 N–H and O–H groups in total. The lowest BCUT2D eigenvalue weighted by Crippen LogP contribution is -2.32. The van der Waals surface area contributed by atoms with Crippen molar-refractivity contribution in [1.29, 1.82) is 0 Å². The normalized spacial score (nSPS) is 29.3. The molecule has 7 nitrogen and oxygen atoms in total. The maximum Gasteiger partial charge on any atom is 0.316 e. The number of hydrogen-bond acceptors (Lipinski definition) is 5. The van der Waals surface area contributed by atoms with E-state index in [9.17, 15) is 19.2 Å². The summed E-state index contributed by atoms with van der Waals surface area (Å²) in [5, 5.41) is 0. The van der Waals surface area contributed by atoms with Crippen molar-refractivity contribution in [2.75, 3.05) is 16.3 Å². The van der Waals surface area contributed by atoms with Crippen molar-refractivity contribution in [3.05, 3.63) is 53.6 Å². The lowest BCUT2D eigenvalue weighted by molar-refractivity contribution is -0.139. The summed E-state index contributed by atoms with van der Waals surface area (Å²) in [6.45, 7) is 4.25. The molecule has 2 saturated heterocycles. The van der Waals surface area contributed by atoms with Crippen molar-refractivity contribution in [3.63, 3.8) is 0 Å². The highest BCUT2D eigenvalue weighted by atomic mass is 16.5. The highest BCUT2D eigenvalue weighted by Crippen LogP contribution is 2.56. The SMILES string of the molecule is Cc1cccc(N2C[C@@H](C(=O)Oc3ccc(N4C(=O)[C@@H]5[C@H]6CC[C@@H](C6)[C@@H]5C4=O)cc3)CC2=O)c1C. The van der Waals surface area contributed by atoms with Gasteiger partial charge in [-0.1, -0.05) is 12.1 Å². The summed E-state index contributed by atoms with van der Waals surface area (Å²) in [4.78, 5) is 54.5. The van der Waals surface area contributed by atoms with Gasteiger partial charge in [0, 0.05) is 18.7 Å². The first kappa shape index (κ1) is 22.0. The number of rotatable bonds is 4. The summed E-state index contributed by atoms with van der Waals surface area (Å²) in [5.41, 5.74) is 3.46. The van der Waals surface area contributed by atoms with Gasteiger partial charge in [-0.2, -0.15) is 0 Å². The van der Waals surface area contributed by atoms with Crippen molar-refractivity contribution < 1.29 is 23.9 Å². The van der Waals surface area contributed by atoms with Crippen molar-refractivity contribution in [2.45, 2.75) is 39.5 Å². The number of esters is 1. The number of anilines is 2. The molecule has 4 fully saturated rings. The topological polar surface area (TPSA) is 84.0 Å². The van der Waals surface area contributed by atoms with Crippen molar-refractivity contribution in [3.8, 4) is 5.75 Å². The maximum atomic E-state index is 13.0. The second kappa shape index (κ2) is 8.04. The molecule has 0 unspecified atom stereocenters. The minimum atomic E-state index is -0.557. The largest absolute Gasteiger partial charge is 0.426 e. The Kier molecular flexibility index (Phi) is 5.06. The molecule has 0 radical (unpaired) electrons. The summed E-state index contributed by atoms with van der Waals surface area (Å²) in [6, 6.07) is 12.3. The predicted molar refractivity (Wildman–Crippen MR) is 129 cm³/mol. The zero-order chi connectivity index (χ0) is 24.4. The smallest absolute Gasteiger partial charge is 0.316 e. The molecule has 0 aromatic heterocycles. The Morgan fingerprint density at radius 1 is 0.914 bits per heavy atom. The number of benzene rings is 2. The van der Waals surface area contributed by atoms with E-state index < -0.39 is 11.9 Å². The van der Waals surface area contributed by atoms with Gasteiger partial charge in [-0.3, -0.25) is 24.1 Å². The molecule has 2 heterocycles. The number of nitrogens with zero attached hydrogens (tertiary/aromatic N) is 2. The average Bonchev–Trinajstić information content (AvgIpc) is 3.60. The average molecular weight is 473 g/mol. The standard InChI is InChI=1S/C28H28N2O5/c1-15-4-3-5-22(16(15)2)29-14-19(13-23(29)31)28(34)35-21-10-8-20(9-11-21)30-26(32)24-17-6-7-18(12-17)25(24)27(30)33/h3-5,8-11,17-19,24-25H,6-7,12-14H2,1-2H3/t17-,18-,19-,24-,25+/m0/s1. The van der Waals surface area contributed by atoms with Crippen LogP contribution >= 0.6 is 0 Å². The number of ether oxygens (including phenoxy) is 1. The van der Waals surface area contributed by atoms with Gasteiger partial charge in [0.25, 0.3) is 0 Å². The molecule has 2 saturated carbocycles. The van der Waals surface area contributed by atoms with Crippen molar-refractivity contribution >= 4 is 35.1 Å². The molecular weight excluding hydrogens is 444 g/mol. The molecule has 2 aromatic rings. The van der Waals surface area contributed by atoms with Gasteiger partial charge in [-0.05, 0) is 86.4 Å². The summed E-state index contributed by atoms with van der Waals surface area (Å²) in [6.07, 6.45) is 3.18. The molecule has 35 heavy (non-hydrogen) atoms. The van der Waals surface area contributed by atoms with Crippen LogP contribution in [0.25, 0.3) is 0 Å². The number of amides is 3. The highest BCUT2D eigenvalue weighted by molar-refractivity contribution is 6.22. The second-order valence-electron chi connectivity index (χ2n) is 10.4. The van der Waals surface area contributed by atoms with Gasteiger partial charge in [0.1, 0.15) is 5.75 Å². The molecule has 6 rings (SSSR count). The Morgan fingerprint density at radius 2 is 1.57 bits per heavy atom. The fourth-order valence-electron chi connectivity index (χ4n) is 6.65. The molecule has 0 spiro atoms. The van der Waals surface area contributed by atoms with Gasteiger partial charge >= 0.3 is 5.97 Å². The van der Waals surface area contributed by atoms with Gasteiger partial charge < -0.3 is 9.64 Å². The van der Waals surface area contributed by atoms with Crippen LogP contribution in [0.15, 0.2) is 42.5 Å². The van der Waals surface area contributed by atoms with Crippen LogP contribution < -0.4 is 14.5 Å². The fraction of sp³-hybridized carbons (Fsp3) is 0.429. The molecule has 3 amide bonds. The van der Waals surface area contributed by atoms with E-state index in [4.69, 9.17) is 4.74 Å². The Hall–Kier alpha value is -3.48. The zero-order valence-electron chi connectivity index (χ0n) is 19.9. The van der Waals surface area contributed by atoms with Gasteiger partial charge in [0.15, 0.2) is 0 Å². The van der Waals surface area contributed by atoms with Crippen LogP contribution in [-0.2, 0) is 19.2 Å². The molecule has 7 heteroatoms. The van der Waals surface area contributed by atoms with Crippen molar-refractivity contribution in [1.82, 2.24) is 0 Å². The van der Waals surface area contributed by atoms with Crippen LogP contribution in [0.1, 0.15) is 36.8 Å². The molecule has 180 valence electrons. The van der Waals surface area contributed by atoms with E-state index in [2.05, 4.69) is 0 Å². The Morgan fingerprint density at radius 3 is 2.23 bits per heavy atom. The van der Waals surface area contributed by atoms with Crippen LogP contribution in [0.2, 0.25) is 0 Å². The minimum absolute atomic E-state index is 0.0899. The first-order valence-electron chi connectivity index (χ1n) is 12.4. The maximum absolute atomic E-state index is 13.0. The summed E-state index contributed by atoms with van der Waals surface area (Å²) in [7, 11) is 0. The Labute approximate surface area is 204 Å². The second-order valence-corrected chi connectivity index (χ2v) is 10.4. The third-order valence-electron chi connectivity index (χ3n) is 8.57. The monoisotopic (exact) mass is 472 g/mol. The van der Waals surface area contributed by atoms with E-state index in [1.165, 1.54) is 4.90 Å². The molecule has 5 atom stereocenters. The number of hydrogen-bond donors (Lipinski definition) is 0. The third-order valence-corrected chi connectivity index (χ3v) is 8.57. The van der Waals surface area contributed by atoms with E-state index >= 15 is 0 Å². The van der Waals surface area contributed by atoms with E-state index in [1.807, 2.05) is 32.0 Å². The molecule has 4 aliphatic rings. The molecule has 2 aliphatic heterocycles. The van der Waals surface area contributed by atoms with Crippen LogP contribution in [0.5, 0.6) is 5.75 Å². The van der Waals surface area contributed by atoms with Crippen LogP contribution in [0, 0.1) is 43.4 Å². The Balaban J connectivity index is 1.13. The summed E-state index contributed by atoms with van der Waals surface area (Å²) < 4.78 is 5.57. The van der Waals surface area contributed by atoms with E-state index in [1.54, 1.807) is 29.2 Å². The van der Waals surface area contributed by atoms with Gasteiger partial charge in [-0.15, -0.1) is 0 Å². The number of fused-ring (bicyclic) bond motifs is 5. The van der Waals surface area contributed by atoms with E-state index in [0.29, 0.717) is 23.3 Å². The van der Waals surface area contributed by atoms with E-state index in [0.717, 1.165) is 36.1 Å². The van der Waals surface area contributed by atoms with E-state index in [-0.39, 0.29) is 42.5 Å². The molecular formula is C28H28N2O5. The van der Waals surface area contributed by atoms with Gasteiger partial charge in [-0.25, -0.2) is 0 Å². The lowest BCUT2D eigenvalue weighted by Gasteiger charge is -2.20. The molecule has 2 aliphatic carbocycles. The summed E-state index contributed by atoms with van der Waals surface area (Å²) in [5.74, 6) is -0.625. The van der Waals surface area contributed by atoms with Crippen LogP contribution in [-0.4, -0.2) is 30.2 Å². The minimum Gasteiger partial charge on any atom is -0.426 e. The zero-order valence-corrected chi connectivity index (χ0v) is 19.9. The van der Waals surface area contributed by atoms with Gasteiger partial charge in [0.05, 0.1) is 23.4 Å². The molecule has 2 bridgehead atoms. The number of carbonyl (C=O) groups is 4. The van der Waals surface area contributed by atoms with Gasteiger partial charge in [0.2, 0.25) is 17.7 Å². The fourth-order valence-corrected chi connectivity index (χ4v) is 6.65. The quantitative estimate of drug-likeness (QED) is 0.384. The number of aryl methyl sites for hydroxylation is 1.